The Balaban J connectivity index is 1.57. The van der Waals surface area contributed by atoms with Crippen molar-refractivity contribution in [3.05, 3.63) is 45.8 Å². The molecule has 7 heteroatoms. The number of thiophene rings is 1. The first kappa shape index (κ1) is 14.6. The van der Waals surface area contributed by atoms with Crippen LogP contribution in [0.4, 0.5) is 9.80 Å². The maximum Gasteiger partial charge on any atom is 0.339 e. The van der Waals surface area contributed by atoms with Crippen LogP contribution in [0.3, 0.4) is 0 Å². The van der Waals surface area contributed by atoms with Gasteiger partial charge in [-0.25, -0.2) is 9.59 Å². The van der Waals surface area contributed by atoms with Gasteiger partial charge < -0.3 is 14.1 Å². The van der Waals surface area contributed by atoms with Gasteiger partial charge in [-0.3, -0.25) is 5.32 Å². The average Bonchev–Trinajstić information content (AvgIpc) is 3.09. The summed E-state index contributed by atoms with van der Waals surface area (Å²) < 4.78 is 10.7. The summed E-state index contributed by atoms with van der Waals surface area (Å²) in [5.41, 5.74) is -0.430. The lowest BCUT2D eigenvalue weighted by molar-refractivity contribution is 0.193. The maximum atomic E-state index is 12.1. The van der Waals surface area contributed by atoms with E-state index in [1.54, 1.807) is 17.9 Å². The quantitative estimate of drug-likeness (QED) is 0.944. The number of aryl methyl sites for hydroxylation is 1. The van der Waals surface area contributed by atoms with E-state index in [1.807, 2.05) is 17.5 Å². The number of nitrogens with zero attached hydrogens (tertiary/aromatic N) is 1. The van der Waals surface area contributed by atoms with Gasteiger partial charge in [-0.05, 0) is 24.4 Å². The summed E-state index contributed by atoms with van der Waals surface area (Å²) in [7, 11) is 0. The molecule has 22 heavy (non-hydrogen) atoms. The molecule has 0 saturated carbocycles. The third kappa shape index (κ3) is 3.48. The van der Waals surface area contributed by atoms with Crippen LogP contribution in [0, 0.1) is 6.92 Å². The second-order valence-corrected chi connectivity index (χ2v) is 6.05. The molecule has 2 amide bonds. The van der Waals surface area contributed by atoms with Crippen molar-refractivity contribution in [3.63, 3.8) is 0 Å². The fraction of sp³-hybridized carbons (Fsp3) is 0.333. The molecule has 1 N–H and O–H groups in total. The number of likely N-dealkylation sites (tertiary alicyclic amines) is 1. The highest BCUT2D eigenvalue weighted by molar-refractivity contribution is 7.14. The maximum absolute atomic E-state index is 12.1. The van der Waals surface area contributed by atoms with Crippen molar-refractivity contribution in [3.8, 4) is 5.75 Å². The van der Waals surface area contributed by atoms with E-state index < -0.39 is 5.63 Å². The molecule has 3 rings (SSSR count). The highest BCUT2D eigenvalue weighted by Gasteiger charge is 2.28. The van der Waals surface area contributed by atoms with E-state index in [2.05, 4.69) is 5.32 Å². The van der Waals surface area contributed by atoms with E-state index in [-0.39, 0.29) is 12.1 Å². The highest BCUT2D eigenvalue weighted by Crippen LogP contribution is 2.20. The van der Waals surface area contributed by atoms with Crippen molar-refractivity contribution in [2.45, 2.75) is 19.4 Å². The molecule has 2 aromatic heterocycles. The Labute approximate surface area is 131 Å². The molecule has 0 radical (unpaired) electrons. The highest BCUT2D eigenvalue weighted by atomic mass is 32.1. The summed E-state index contributed by atoms with van der Waals surface area (Å²) in [6.07, 6.45) is 0.618. The molecular formula is C15H16N2O4S. The Hall–Kier alpha value is -2.28. The number of ether oxygens (including phenoxy) is 1. The third-order valence-electron chi connectivity index (χ3n) is 3.35. The third-order valence-corrected chi connectivity index (χ3v) is 4.14. The molecule has 6 nitrogen and oxygen atoms in total. The SMILES string of the molecule is Cc1cc(OC2CCN(C(=O)Nc3cccs3)C2)cc(=O)o1. The lowest BCUT2D eigenvalue weighted by Crippen LogP contribution is -2.34. The van der Waals surface area contributed by atoms with Gasteiger partial charge in [-0.15, -0.1) is 11.3 Å². The van der Waals surface area contributed by atoms with Gasteiger partial charge in [-0.2, -0.15) is 0 Å². The molecule has 116 valence electrons. The molecule has 1 fully saturated rings. The zero-order valence-corrected chi connectivity index (χ0v) is 12.9. The summed E-state index contributed by atoms with van der Waals surface area (Å²) in [5.74, 6) is 0.993. The summed E-state index contributed by atoms with van der Waals surface area (Å²) in [5, 5.41) is 5.59. The molecule has 1 saturated heterocycles. The van der Waals surface area contributed by atoms with Gasteiger partial charge in [0.1, 0.15) is 17.6 Å². The van der Waals surface area contributed by atoms with Crippen LogP contribution < -0.4 is 15.7 Å². The molecule has 0 spiro atoms. The molecular weight excluding hydrogens is 304 g/mol. The fourth-order valence-electron chi connectivity index (χ4n) is 2.38. The second kappa shape index (κ2) is 6.23. The van der Waals surface area contributed by atoms with Gasteiger partial charge >= 0.3 is 11.7 Å². The van der Waals surface area contributed by atoms with Crippen LogP contribution in [0.2, 0.25) is 0 Å². The van der Waals surface area contributed by atoms with E-state index in [0.717, 1.165) is 11.4 Å². The first-order valence-electron chi connectivity index (χ1n) is 6.98. The van der Waals surface area contributed by atoms with Crippen molar-refractivity contribution in [2.75, 3.05) is 18.4 Å². The van der Waals surface area contributed by atoms with Crippen molar-refractivity contribution in [1.82, 2.24) is 4.90 Å². The molecule has 1 aliphatic rings. The smallest absolute Gasteiger partial charge is 0.339 e. The first-order valence-corrected chi connectivity index (χ1v) is 7.86. The number of carbonyl (C=O) groups is 1. The summed E-state index contributed by atoms with van der Waals surface area (Å²) in [6, 6.07) is 6.62. The molecule has 3 heterocycles. The van der Waals surface area contributed by atoms with E-state index in [4.69, 9.17) is 9.15 Å². The molecule has 0 bridgehead atoms. The number of nitrogens with one attached hydrogen (secondary N) is 1. The number of hydrogen-bond acceptors (Lipinski definition) is 5. The number of amides is 2. The zero-order chi connectivity index (χ0) is 15.5. The zero-order valence-electron chi connectivity index (χ0n) is 12.1. The number of carbonyl (C=O) groups excluding carboxylic acids is 1. The summed E-state index contributed by atoms with van der Waals surface area (Å²) >= 11 is 1.48. The minimum atomic E-state index is -0.430. The Kier molecular flexibility index (Phi) is 4.15. The van der Waals surface area contributed by atoms with Gasteiger partial charge in [0.05, 0.1) is 17.6 Å². The normalized spacial score (nSPS) is 17.5. The topological polar surface area (TPSA) is 71.8 Å². The molecule has 1 unspecified atom stereocenters. The fourth-order valence-corrected chi connectivity index (χ4v) is 2.99. The van der Waals surface area contributed by atoms with Crippen LogP contribution in [-0.2, 0) is 0 Å². The lowest BCUT2D eigenvalue weighted by Gasteiger charge is -2.17. The van der Waals surface area contributed by atoms with Crippen LogP contribution in [0.25, 0.3) is 0 Å². The minimum Gasteiger partial charge on any atom is -0.488 e. The van der Waals surface area contributed by atoms with E-state index in [9.17, 15) is 9.59 Å². The lowest BCUT2D eigenvalue weighted by atomic mass is 10.3. The Morgan fingerprint density at radius 3 is 3.09 bits per heavy atom. The van der Waals surface area contributed by atoms with Gasteiger partial charge in [-0.1, -0.05) is 0 Å². The predicted octanol–water partition coefficient (Wildman–Crippen LogP) is 2.69. The van der Waals surface area contributed by atoms with Gasteiger partial charge in [0, 0.05) is 19.0 Å². The number of rotatable bonds is 3. The van der Waals surface area contributed by atoms with Crippen molar-refractivity contribution < 1.29 is 13.9 Å². The Morgan fingerprint density at radius 1 is 1.50 bits per heavy atom. The molecule has 2 aromatic rings. The molecule has 0 aliphatic carbocycles. The minimum absolute atomic E-state index is 0.115. The van der Waals surface area contributed by atoms with Crippen LogP contribution in [0.1, 0.15) is 12.2 Å². The second-order valence-electron chi connectivity index (χ2n) is 5.10. The van der Waals surface area contributed by atoms with E-state index in [0.29, 0.717) is 24.6 Å². The van der Waals surface area contributed by atoms with Crippen molar-refractivity contribution in [1.29, 1.82) is 0 Å². The van der Waals surface area contributed by atoms with E-state index >= 15 is 0 Å². The summed E-state index contributed by atoms with van der Waals surface area (Å²) in [4.78, 5) is 25.1. The Morgan fingerprint density at radius 2 is 2.36 bits per heavy atom. The van der Waals surface area contributed by atoms with Crippen molar-refractivity contribution in [2.24, 2.45) is 0 Å². The first-order chi connectivity index (χ1) is 10.6. The van der Waals surface area contributed by atoms with E-state index in [1.165, 1.54) is 17.4 Å². The summed E-state index contributed by atoms with van der Waals surface area (Å²) in [6.45, 7) is 2.82. The van der Waals surface area contributed by atoms with Gasteiger partial charge in [0.2, 0.25) is 0 Å². The number of hydrogen-bond donors (Lipinski definition) is 1. The monoisotopic (exact) mass is 320 g/mol. The van der Waals surface area contributed by atoms with Crippen molar-refractivity contribution >= 4 is 22.4 Å². The van der Waals surface area contributed by atoms with Gasteiger partial charge in [0.15, 0.2) is 0 Å². The number of anilines is 1. The average molecular weight is 320 g/mol. The molecule has 1 aliphatic heterocycles. The molecule has 1 atom stereocenters. The van der Waals surface area contributed by atoms with Crippen LogP contribution in [-0.4, -0.2) is 30.1 Å². The van der Waals surface area contributed by atoms with Gasteiger partial charge in [0.25, 0.3) is 0 Å². The number of urea groups is 1. The van der Waals surface area contributed by atoms with Crippen LogP contribution in [0.15, 0.2) is 38.9 Å². The van der Waals surface area contributed by atoms with Crippen LogP contribution >= 0.6 is 11.3 Å². The van der Waals surface area contributed by atoms with Crippen LogP contribution in [0.5, 0.6) is 5.75 Å². The standard InChI is InChI=1S/C15H16N2O4S/c1-10-7-12(8-14(18)20-10)21-11-4-5-17(9-11)15(19)16-13-3-2-6-22-13/h2-3,6-8,11H,4-5,9H2,1H3,(H,16,19). The largest absolute Gasteiger partial charge is 0.488 e. The predicted molar refractivity (Wildman–Crippen MR) is 83.7 cm³/mol. The molecule has 0 aromatic carbocycles. The Bertz CT molecular complexity index is 711.